The summed E-state index contributed by atoms with van der Waals surface area (Å²) in [5.41, 5.74) is 3.06. The number of methoxy groups -OCH3 is 1. The number of carbonyl (C=O) groups excluding carboxylic acids is 1. The fraction of sp³-hybridized carbons (Fsp3) is 0.231. The van der Waals surface area contributed by atoms with Crippen molar-refractivity contribution in [3.8, 4) is 17.1 Å². The van der Waals surface area contributed by atoms with Gasteiger partial charge in [0.15, 0.2) is 5.82 Å². The highest BCUT2D eigenvalue weighted by Gasteiger charge is 2.24. The zero-order chi connectivity index (χ0) is 25.2. The SMILES string of the molecule is COc1ccc(-c2nc3cc(NCc4ccc([N+](=O)[O-])cc4)ccc3n2C(=O)OC(C)(C)C)cc1. The van der Waals surface area contributed by atoms with E-state index >= 15 is 0 Å². The van der Waals surface area contributed by atoms with Crippen LogP contribution in [0.4, 0.5) is 16.2 Å². The Morgan fingerprint density at radius 3 is 2.34 bits per heavy atom. The molecule has 180 valence electrons. The summed E-state index contributed by atoms with van der Waals surface area (Å²) in [6, 6.07) is 19.2. The molecular weight excluding hydrogens is 448 g/mol. The zero-order valence-electron chi connectivity index (χ0n) is 19.9. The summed E-state index contributed by atoms with van der Waals surface area (Å²) in [6.45, 7) is 5.92. The van der Waals surface area contributed by atoms with Gasteiger partial charge in [-0.3, -0.25) is 10.1 Å². The number of carbonyl (C=O) groups is 1. The van der Waals surface area contributed by atoms with Crippen molar-refractivity contribution in [2.24, 2.45) is 0 Å². The van der Waals surface area contributed by atoms with Crippen molar-refractivity contribution >= 4 is 28.5 Å². The molecule has 0 radical (unpaired) electrons. The number of nitro groups is 1. The second-order valence-corrected chi connectivity index (χ2v) is 8.96. The van der Waals surface area contributed by atoms with E-state index in [1.54, 1.807) is 19.2 Å². The number of imidazole rings is 1. The van der Waals surface area contributed by atoms with Gasteiger partial charge in [0, 0.05) is 29.9 Å². The normalized spacial score (nSPS) is 11.3. The molecule has 0 aliphatic rings. The number of nitrogens with one attached hydrogen (secondary N) is 1. The van der Waals surface area contributed by atoms with Gasteiger partial charge in [0.05, 0.1) is 23.1 Å². The fourth-order valence-corrected chi connectivity index (χ4v) is 3.56. The van der Waals surface area contributed by atoms with E-state index in [0.29, 0.717) is 29.2 Å². The molecule has 0 saturated heterocycles. The van der Waals surface area contributed by atoms with Gasteiger partial charge in [0.25, 0.3) is 5.69 Å². The van der Waals surface area contributed by atoms with Gasteiger partial charge >= 0.3 is 6.09 Å². The molecule has 35 heavy (non-hydrogen) atoms. The Morgan fingerprint density at radius 1 is 1.06 bits per heavy atom. The molecule has 3 aromatic carbocycles. The molecule has 1 heterocycles. The highest BCUT2D eigenvalue weighted by Crippen LogP contribution is 2.29. The summed E-state index contributed by atoms with van der Waals surface area (Å²) in [7, 11) is 1.59. The maximum atomic E-state index is 13.1. The van der Waals surface area contributed by atoms with Gasteiger partial charge < -0.3 is 14.8 Å². The summed E-state index contributed by atoms with van der Waals surface area (Å²) in [5, 5.41) is 14.1. The van der Waals surface area contributed by atoms with Crippen molar-refractivity contribution in [2.45, 2.75) is 32.9 Å². The van der Waals surface area contributed by atoms with Crippen LogP contribution in [0.25, 0.3) is 22.4 Å². The number of ether oxygens (including phenoxy) is 2. The monoisotopic (exact) mass is 474 g/mol. The van der Waals surface area contributed by atoms with Crippen LogP contribution in [0.15, 0.2) is 66.7 Å². The van der Waals surface area contributed by atoms with E-state index < -0.39 is 16.6 Å². The van der Waals surface area contributed by atoms with Gasteiger partial charge in [-0.05, 0) is 68.8 Å². The van der Waals surface area contributed by atoms with Gasteiger partial charge in [0.1, 0.15) is 11.4 Å². The fourth-order valence-electron chi connectivity index (χ4n) is 3.56. The Bertz CT molecular complexity index is 1370. The molecule has 0 bridgehead atoms. The number of nitro benzene ring substituents is 1. The van der Waals surface area contributed by atoms with Crippen molar-refractivity contribution in [3.63, 3.8) is 0 Å². The second-order valence-electron chi connectivity index (χ2n) is 8.96. The van der Waals surface area contributed by atoms with Crippen molar-refractivity contribution < 1.29 is 19.2 Å². The third kappa shape index (κ3) is 5.40. The van der Waals surface area contributed by atoms with E-state index in [2.05, 4.69) is 5.32 Å². The van der Waals surface area contributed by atoms with Crippen LogP contribution >= 0.6 is 0 Å². The lowest BCUT2D eigenvalue weighted by Gasteiger charge is -2.20. The summed E-state index contributed by atoms with van der Waals surface area (Å²) in [6.07, 6.45) is -0.516. The Hall–Kier alpha value is -4.40. The maximum absolute atomic E-state index is 13.1. The molecular formula is C26H26N4O5. The number of fused-ring (bicyclic) bond motifs is 1. The zero-order valence-corrected chi connectivity index (χ0v) is 19.9. The number of benzene rings is 3. The topological polar surface area (TPSA) is 109 Å². The first-order chi connectivity index (χ1) is 16.6. The summed E-state index contributed by atoms with van der Waals surface area (Å²) < 4.78 is 12.4. The maximum Gasteiger partial charge on any atom is 0.420 e. The van der Waals surface area contributed by atoms with Crippen LogP contribution in [-0.4, -0.2) is 33.3 Å². The number of nitrogens with zero attached hydrogens (tertiary/aromatic N) is 3. The molecule has 0 unspecified atom stereocenters. The minimum Gasteiger partial charge on any atom is -0.497 e. The number of hydrogen-bond acceptors (Lipinski definition) is 7. The molecule has 1 aromatic heterocycles. The van der Waals surface area contributed by atoms with Crippen molar-refractivity contribution in [1.82, 2.24) is 9.55 Å². The molecule has 0 aliphatic carbocycles. The molecule has 0 atom stereocenters. The summed E-state index contributed by atoms with van der Waals surface area (Å²) in [4.78, 5) is 28.3. The lowest BCUT2D eigenvalue weighted by molar-refractivity contribution is -0.384. The first-order valence-corrected chi connectivity index (χ1v) is 11.0. The summed E-state index contributed by atoms with van der Waals surface area (Å²) >= 11 is 0. The number of aromatic nitrogens is 2. The van der Waals surface area contributed by atoms with Crippen LogP contribution in [-0.2, 0) is 11.3 Å². The van der Waals surface area contributed by atoms with Gasteiger partial charge in [-0.1, -0.05) is 12.1 Å². The number of rotatable bonds is 6. The van der Waals surface area contributed by atoms with Gasteiger partial charge in [-0.25, -0.2) is 14.3 Å². The van der Waals surface area contributed by atoms with Gasteiger partial charge in [-0.15, -0.1) is 0 Å². The smallest absolute Gasteiger partial charge is 0.420 e. The molecule has 9 nitrogen and oxygen atoms in total. The first kappa shape index (κ1) is 23.7. The average molecular weight is 475 g/mol. The standard InChI is InChI=1S/C26H26N4O5/c1-26(2,3)35-25(31)29-23-14-9-19(27-16-17-5-10-20(11-6-17)30(32)33)15-22(23)28-24(29)18-7-12-21(34-4)13-8-18/h5-15,27H,16H2,1-4H3. The van der Waals surface area contributed by atoms with Crippen molar-refractivity contribution in [1.29, 1.82) is 0 Å². The van der Waals surface area contributed by atoms with Crippen LogP contribution in [0.5, 0.6) is 5.75 Å². The minimum absolute atomic E-state index is 0.0499. The average Bonchev–Trinajstić information content (AvgIpc) is 3.21. The molecule has 0 amide bonds. The van der Waals surface area contributed by atoms with Crippen LogP contribution in [0.3, 0.4) is 0 Å². The Kier molecular flexibility index (Phi) is 6.42. The Balaban J connectivity index is 1.67. The van der Waals surface area contributed by atoms with Crippen LogP contribution in [0.1, 0.15) is 26.3 Å². The highest BCUT2D eigenvalue weighted by atomic mass is 16.6. The molecule has 0 fully saturated rings. The van der Waals surface area contributed by atoms with Crippen LogP contribution < -0.4 is 10.1 Å². The lowest BCUT2D eigenvalue weighted by atomic mass is 10.2. The lowest BCUT2D eigenvalue weighted by Crippen LogP contribution is -2.27. The molecule has 4 rings (SSSR count). The Labute approximate surface area is 202 Å². The largest absolute Gasteiger partial charge is 0.497 e. The van der Waals surface area contributed by atoms with E-state index in [1.807, 2.05) is 63.2 Å². The first-order valence-electron chi connectivity index (χ1n) is 11.0. The van der Waals surface area contributed by atoms with E-state index in [9.17, 15) is 14.9 Å². The third-order valence-electron chi connectivity index (χ3n) is 5.22. The van der Waals surface area contributed by atoms with Gasteiger partial charge in [-0.2, -0.15) is 0 Å². The van der Waals surface area contributed by atoms with E-state index in [4.69, 9.17) is 14.5 Å². The molecule has 1 N–H and O–H groups in total. The predicted octanol–water partition coefficient (Wildman–Crippen LogP) is 6.02. The molecule has 0 saturated carbocycles. The highest BCUT2D eigenvalue weighted by molar-refractivity contribution is 5.93. The van der Waals surface area contributed by atoms with E-state index in [0.717, 1.165) is 16.8 Å². The van der Waals surface area contributed by atoms with Crippen LogP contribution in [0, 0.1) is 10.1 Å². The minimum atomic E-state index is -0.670. The van der Waals surface area contributed by atoms with Crippen molar-refractivity contribution in [2.75, 3.05) is 12.4 Å². The van der Waals surface area contributed by atoms with E-state index in [1.165, 1.54) is 16.7 Å². The number of anilines is 1. The predicted molar refractivity (Wildman–Crippen MR) is 134 cm³/mol. The third-order valence-corrected chi connectivity index (χ3v) is 5.22. The van der Waals surface area contributed by atoms with Gasteiger partial charge in [0.2, 0.25) is 0 Å². The second kappa shape index (κ2) is 9.46. The quantitative estimate of drug-likeness (QED) is 0.269. The van der Waals surface area contributed by atoms with Crippen LogP contribution in [0.2, 0.25) is 0 Å². The number of non-ortho nitro benzene ring substituents is 1. The number of hydrogen-bond donors (Lipinski definition) is 1. The van der Waals surface area contributed by atoms with Crippen molar-refractivity contribution in [3.05, 3.63) is 82.4 Å². The molecule has 9 heteroatoms. The van der Waals surface area contributed by atoms with E-state index in [-0.39, 0.29) is 5.69 Å². The molecule has 0 spiro atoms. The Morgan fingerprint density at radius 2 is 1.74 bits per heavy atom. The molecule has 0 aliphatic heterocycles. The summed E-state index contributed by atoms with van der Waals surface area (Å²) in [5.74, 6) is 1.16. The molecule has 4 aromatic rings.